The summed E-state index contributed by atoms with van der Waals surface area (Å²) in [6.07, 6.45) is 7.48. The predicted molar refractivity (Wildman–Crippen MR) is 73.5 cm³/mol. The number of methoxy groups -OCH3 is 1. The van der Waals surface area contributed by atoms with Crippen molar-refractivity contribution in [3.05, 3.63) is 12.2 Å². The minimum atomic E-state index is -0.299. The van der Waals surface area contributed by atoms with Gasteiger partial charge in [-0.25, -0.2) is 0 Å². The molecule has 0 spiro atoms. The number of allylic oxidation sites excluding steroid dienone is 2. The van der Waals surface area contributed by atoms with Crippen LogP contribution in [-0.4, -0.2) is 36.0 Å². The van der Waals surface area contributed by atoms with Gasteiger partial charge in [-0.05, 0) is 43.4 Å². The first-order valence-electron chi connectivity index (χ1n) is 7.10. The molecule has 0 heterocycles. The molecule has 4 nitrogen and oxygen atoms in total. The topological polar surface area (TPSA) is 66.8 Å². The molecule has 1 aliphatic carbocycles. The molecule has 1 aliphatic rings. The molecule has 1 saturated carbocycles. The Bertz CT molecular complexity index is 301. The molecule has 110 valence electrons. The molecular weight excluding hydrogens is 244 g/mol. The molecule has 4 atom stereocenters. The van der Waals surface area contributed by atoms with E-state index >= 15 is 0 Å². The Labute approximate surface area is 115 Å². The zero-order valence-corrected chi connectivity index (χ0v) is 11.9. The first-order chi connectivity index (χ1) is 9.10. The van der Waals surface area contributed by atoms with Crippen molar-refractivity contribution in [2.45, 2.75) is 45.1 Å². The molecule has 0 aliphatic heterocycles. The van der Waals surface area contributed by atoms with Crippen molar-refractivity contribution < 1.29 is 19.7 Å². The summed E-state index contributed by atoms with van der Waals surface area (Å²) in [5.41, 5.74) is 0. The second-order valence-electron chi connectivity index (χ2n) is 5.47. The van der Waals surface area contributed by atoms with Crippen molar-refractivity contribution in [3.63, 3.8) is 0 Å². The molecule has 0 aromatic rings. The lowest BCUT2D eigenvalue weighted by Gasteiger charge is -2.20. The van der Waals surface area contributed by atoms with E-state index in [9.17, 15) is 15.0 Å². The smallest absolute Gasteiger partial charge is 0.305 e. The van der Waals surface area contributed by atoms with E-state index in [4.69, 9.17) is 0 Å². The van der Waals surface area contributed by atoms with Crippen molar-refractivity contribution in [2.24, 2.45) is 17.8 Å². The fraction of sp³-hybridized carbons (Fsp3) is 0.800. The molecule has 19 heavy (non-hydrogen) atoms. The van der Waals surface area contributed by atoms with Crippen LogP contribution in [-0.2, 0) is 9.53 Å². The highest BCUT2D eigenvalue weighted by atomic mass is 16.5. The van der Waals surface area contributed by atoms with E-state index in [0.717, 1.165) is 25.7 Å². The predicted octanol–water partition coefficient (Wildman–Crippen LogP) is 1.90. The number of carbonyl (C=O) groups is 1. The molecule has 1 fully saturated rings. The van der Waals surface area contributed by atoms with E-state index in [0.29, 0.717) is 12.3 Å². The summed E-state index contributed by atoms with van der Waals surface area (Å²) in [7, 11) is 1.40. The van der Waals surface area contributed by atoms with Gasteiger partial charge in [0.1, 0.15) is 0 Å². The van der Waals surface area contributed by atoms with Crippen LogP contribution in [0.15, 0.2) is 12.2 Å². The van der Waals surface area contributed by atoms with Crippen molar-refractivity contribution in [1.82, 2.24) is 0 Å². The van der Waals surface area contributed by atoms with Crippen molar-refractivity contribution >= 4 is 5.97 Å². The van der Waals surface area contributed by atoms with Crippen LogP contribution < -0.4 is 0 Å². The standard InChI is InChI=1S/C15H26O4/c1-11-9-14(17)12(13(11)10-16)7-5-3-4-6-8-15(18)19-2/h3,5,11-14,16-17H,4,6-10H2,1-2H3/b5-3-/t11-,12-,13+,14+/m1/s1. The summed E-state index contributed by atoms with van der Waals surface area (Å²) in [6.45, 7) is 2.24. The normalized spacial score (nSPS) is 30.9. The summed E-state index contributed by atoms with van der Waals surface area (Å²) in [5.74, 6) is 0.582. The largest absolute Gasteiger partial charge is 0.469 e. The van der Waals surface area contributed by atoms with Crippen LogP contribution >= 0.6 is 0 Å². The zero-order valence-electron chi connectivity index (χ0n) is 11.9. The van der Waals surface area contributed by atoms with Gasteiger partial charge in [0.2, 0.25) is 0 Å². The van der Waals surface area contributed by atoms with Gasteiger partial charge in [0, 0.05) is 13.0 Å². The van der Waals surface area contributed by atoms with Gasteiger partial charge in [0.05, 0.1) is 13.2 Å². The van der Waals surface area contributed by atoms with Gasteiger partial charge in [-0.3, -0.25) is 4.79 Å². The number of unbranched alkanes of at least 4 members (excludes halogenated alkanes) is 1. The minimum absolute atomic E-state index is 0.152. The lowest BCUT2D eigenvalue weighted by Crippen LogP contribution is -2.22. The number of aliphatic hydroxyl groups excluding tert-OH is 2. The molecule has 0 bridgehead atoms. The van der Waals surface area contributed by atoms with Gasteiger partial charge in [-0.2, -0.15) is 0 Å². The molecule has 0 radical (unpaired) electrons. The van der Waals surface area contributed by atoms with Crippen LogP contribution in [0.3, 0.4) is 0 Å². The number of ether oxygens (including phenoxy) is 1. The average Bonchev–Trinajstić information content (AvgIpc) is 2.67. The van der Waals surface area contributed by atoms with Crippen molar-refractivity contribution in [3.8, 4) is 0 Å². The Kier molecular flexibility index (Phi) is 7.10. The van der Waals surface area contributed by atoms with Gasteiger partial charge in [0.15, 0.2) is 0 Å². The van der Waals surface area contributed by atoms with Crippen LogP contribution in [0.25, 0.3) is 0 Å². The van der Waals surface area contributed by atoms with Gasteiger partial charge in [-0.1, -0.05) is 19.1 Å². The first-order valence-corrected chi connectivity index (χ1v) is 7.10. The molecule has 0 unspecified atom stereocenters. The number of rotatable bonds is 7. The Morgan fingerprint density at radius 1 is 1.37 bits per heavy atom. The van der Waals surface area contributed by atoms with Gasteiger partial charge < -0.3 is 14.9 Å². The summed E-state index contributed by atoms with van der Waals surface area (Å²) in [4.78, 5) is 10.9. The molecule has 4 heteroatoms. The lowest BCUT2D eigenvalue weighted by molar-refractivity contribution is -0.140. The molecule has 1 rings (SSSR count). The highest BCUT2D eigenvalue weighted by Crippen LogP contribution is 2.38. The van der Waals surface area contributed by atoms with Crippen LogP contribution in [0.4, 0.5) is 0 Å². The molecule has 0 aromatic carbocycles. The summed E-state index contributed by atoms with van der Waals surface area (Å²) in [5, 5.41) is 19.3. The van der Waals surface area contributed by atoms with Crippen LogP contribution in [0.1, 0.15) is 39.0 Å². The van der Waals surface area contributed by atoms with E-state index < -0.39 is 0 Å². The second kappa shape index (κ2) is 8.33. The maximum atomic E-state index is 10.9. The molecule has 0 amide bonds. The molecule has 0 saturated heterocycles. The third-order valence-corrected chi connectivity index (χ3v) is 4.15. The second-order valence-corrected chi connectivity index (χ2v) is 5.47. The third kappa shape index (κ3) is 4.96. The SMILES string of the molecule is COC(=O)CCC/C=C\C[C@@H]1[C@@H](CO)[C@H](C)C[C@@H]1O. The lowest BCUT2D eigenvalue weighted by atomic mass is 9.88. The van der Waals surface area contributed by atoms with E-state index in [1.54, 1.807) is 0 Å². The first kappa shape index (κ1) is 16.2. The number of hydrogen-bond donors (Lipinski definition) is 2. The van der Waals surface area contributed by atoms with Crippen LogP contribution in [0.2, 0.25) is 0 Å². The number of esters is 1. The molecular formula is C15H26O4. The number of carbonyl (C=O) groups excluding carboxylic acids is 1. The van der Waals surface area contributed by atoms with Gasteiger partial charge in [-0.15, -0.1) is 0 Å². The third-order valence-electron chi connectivity index (χ3n) is 4.15. The Balaban J connectivity index is 2.25. The Morgan fingerprint density at radius 2 is 2.11 bits per heavy atom. The highest BCUT2D eigenvalue weighted by Gasteiger charge is 2.38. The van der Waals surface area contributed by atoms with Crippen molar-refractivity contribution in [2.75, 3.05) is 13.7 Å². The number of aliphatic hydroxyl groups is 2. The minimum Gasteiger partial charge on any atom is -0.469 e. The zero-order chi connectivity index (χ0) is 14.3. The molecule has 2 N–H and O–H groups in total. The maximum absolute atomic E-state index is 10.9. The maximum Gasteiger partial charge on any atom is 0.305 e. The molecule has 0 aromatic heterocycles. The van der Waals surface area contributed by atoms with Gasteiger partial charge >= 0.3 is 5.97 Å². The van der Waals surface area contributed by atoms with E-state index in [2.05, 4.69) is 17.7 Å². The average molecular weight is 270 g/mol. The van der Waals surface area contributed by atoms with Crippen molar-refractivity contribution in [1.29, 1.82) is 0 Å². The summed E-state index contributed by atoms with van der Waals surface area (Å²) >= 11 is 0. The highest BCUT2D eigenvalue weighted by molar-refractivity contribution is 5.68. The quantitative estimate of drug-likeness (QED) is 0.421. The fourth-order valence-electron chi connectivity index (χ4n) is 2.92. The van der Waals surface area contributed by atoms with E-state index in [1.165, 1.54) is 7.11 Å². The van der Waals surface area contributed by atoms with Crippen LogP contribution in [0, 0.1) is 17.8 Å². The Hall–Kier alpha value is -0.870. The van der Waals surface area contributed by atoms with Gasteiger partial charge in [0.25, 0.3) is 0 Å². The summed E-state index contributed by atoms with van der Waals surface area (Å²) < 4.78 is 4.57. The van der Waals surface area contributed by atoms with Crippen LogP contribution in [0.5, 0.6) is 0 Å². The summed E-state index contributed by atoms with van der Waals surface area (Å²) in [6, 6.07) is 0. The van der Waals surface area contributed by atoms with E-state index in [-0.39, 0.29) is 30.5 Å². The monoisotopic (exact) mass is 270 g/mol. The Morgan fingerprint density at radius 3 is 2.74 bits per heavy atom. The fourth-order valence-corrected chi connectivity index (χ4v) is 2.92. The van der Waals surface area contributed by atoms with E-state index in [1.807, 2.05) is 6.08 Å². The number of hydrogen-bond acceptors (Lipinski definition) is 4.